The molecule has 0 unspecified atom stereocenters. The monoisotopic (exact) mass is 184 g/mol. The van der Waals surface area contributed by atoms with Gasteiger partial charge in [-0.3, -0.25) is 4.79 Å². The smallest absolute Gasteiger partial charge is 0.237 e. The topological polar surface area (TPSA) is 55.1 Å². The number of amides is 1. The van der Waals surface area contributed by atoms with Crippen LogP contribution >= 0.6 is 0 Å². The predicted molar refractivity (Wildman–Crippen MR) is 53.2 cm³/mol. The second kappa shape index (κ2) is 4.09. The maximum Gasteiger partial charge on any atom is 0.237 e. The molecule has 0 saturated heterocycles. The molecular weight excluding hydrogens is 164 g/mol. The third-order valence-corrected chi connectivity index (χ3v) is 3.49. The molecule has 1 aliphatic rings. The zero-order valence-electron chi connectivity index (χ0n) is 8.60. The maximum absolute atomic E-state index is 11.3. The van der Waals surface area contributed by atoms with Gasteiger partial charge in [0, 0.05) is 0 Å². The van der Waals surface area contributed by atoms with Crippen LogP contribution in [-0.2, 0) is 4.79 Å². The molecule has 0 aromatic carbocycles. The van der Waals surface area contributed by atoms with E-state index < -0.39 is 5.54 Å². The summed E-state index contributed by atoms with van der Waals surface area (Å²) in [5.74, 6) is 0.602. The average molecular weight is 184 g/mol. The summed E-state index contributed by atoms with van der Waals surface area (Å²) in [6, 6.07) is 0. The van der Waals surface area contributed by atoms with Crippen LogP contribution in [0.2, 0.25) is 0 Å². The second-order valence-electron chi connectivity index (χ2n) is 4.05. The van der Waals surface area contributed by atoms with Crippen LogP contribution in [0, 0.1) is 5.92 Å². The van der Waals surface area contributed by atoms with Crippen molar-refractivity contribution in [1.82, 2.24) is 5.32 Å². The molecule has 0 aliphatic heterocycles. The minimum atomic E-state index is -0.411. The molecule has 1 fully saturated rings. The Hall–Kier alpha value is -0.570. The molecule has 1 saturated carbocycles. The summed E-state index contributed by atoms with van der Waals surface area (Å²) in [6.45, 7) is 2.21. The van der Waals surface area contributed by atoms with Gasteiger partial charge in [0.25, 0.3) is 0 Å². The first kappa shape index (κ1) is 10.5. The van der Waals surface area contributed by atoms with Crippen molar-refractivity contribution in [2.45, 2.75) is 44.6 Å². The van der Waals surface area contributed by atoms with Gasteiger partial charge in [0.15, 0.2) is 0 Å². The summed E-state index contributed by atoms with van der Waals surface area (Å²) in [7, 11) is 1.83. The third-order valence-electron chi connectivity index (χ3n) is 3.49. The lowest BCUT2D eigenvalue weighted by atomic mass is 9.75. The van der Waals surface area contributed by atoms with Crippen LogP contribution in [0.3, 0.4) is 0 Å². The molecule has 3 heteroatoms. The quantitative estimate of drug-likeness (QED) is 0.688. The highest BCUT2D eigenvalue weighted by Gasteiger charge is 2.38. The van der Waals surface area contributed by atoms with Gasteiger partial charge in [-0.15, -0.1) is 0 Å². The lowest BCUT2D eigenvalue weighted by Gasteiger charge is -2.37. The highest BCUT2D eigenvalue weighted by molar-refractivity contribution is 5.84. The van der Waals surface area contributed by atoms with Crippen molar-refractivity contribution in [3.8, 4) is 0 Å². The van der Waals surface area contributed by atoms with Crippen molar-refractivity contribution < 1.29 is 4.79 Å². The van der Waals surface area contributed by atoms with Gasteiger partial charge in [0.2, 0.25) is 5.91 Å². The first-order valence-corrected chi connectivity index (χ1v) is 5.13. The highest BCUT2D eigenvalue weighted by Crippen LogP contribution is 2.33. The van der Waals surface area contributed by atoms with Crippen molar-refractivity contribution in [2.75, 3.05) is 7.05 Å². The number of hydrogen-bond acceptors (Lipinski definition) is 2. The SMILES string of the molecule is CCC1CCC(NC)(C(N)=O)CC1. The molecule has 0 atom stereocenters. The van der Waals surface area contributed by atoms with Gasteiger partial charge in [-0.05, 0) is 38.6 Å². The van der Waals surface area contributed by atoms with Crippen LogP contribution in [0.5, 0.6) is 0 Å². The molecule has 0 aromatic heterocycles. The number of primary amides is 1. The van der Waals surface area contributed by atoms with Crippen LogP contribution in [0.25, 0.3) is 0 Å². The van der Waals surface area contributed by atoms with E-state index in [0.29, 0.717) is 0 Å². The minimum Gasteiger partial charge on any atom is -0.368 e. The summed E-state index contributed by atoms with van der Waals surface area (Å²) in [5, 5.41) is 3.09. The Morgan fingerprint density at radius 2 is 2.08 bits per heavy atom. The van der Waals surface area contributed by atoms with E-state index in [9.17, 15) is 4.79 Å². The van der Waals surface area contributed by atoms with E-state index in [0.717, 1.165) is 31.6 Å². The fourth-order valence-corrected chi connectivity index (χ4v) is 2.20. The van der Waals surface area contributed by atoms with Crippen LogP contribution in [0.4, 0.5) is 0 Å². The predicted octanol–water partition coefficient (Wildman–Crippen LogP) is 1.03. The molecule has 0 aromatic rings. The van der Waals surface area contributed by atoms with E-state index >= 15 is 0 Å². The third kappa shape index (κ3) is 2.02. The van der Waals surface area contributed by atoms with Crippen molar-refractivity contribution in [1.29, 1.82) is 0 Å². The molecule has 0 spiro atoms. The summed E-state index contributed by atoms with van der Waals surface area (Å²) < 4.78 is 0. The minimum absolute atomic E-state index is 0.190. The Labute approximate surface area is 80.1 Å². The molecule has 1 aliphatic carbocycles. The Balaban J connectivity index is 2.58. The van der Waals surface area contributed by atoms with Crippen molar-refractivity contribution in [3.63, 3.8) is 0 Å². The van der Waals surface area contributed by atoms with Gasteiger partial charge in [0.05, 0.1) is 5.54 Å². The van der Waals surface area contributed by atoms with Gasteiger partial charge < -0.3 is 11.1 Å². The second-order valence-corrected chi connectivity index (χ2v) is 4.05. The Kier molecular flexibility index (Phi) is 3.31. The van der Waals surface area contributed by atoms with Crippen molar-refractivity contribution >= 4 is 5.91 Å². The molecule has 76 valence electrons. The summed E-state index contributed by atoms with van der Waals surface area (Å²) >= 11 is 0. The van der Waals surface area contributed by atoms with Crippen LogP contribution < -0.4 is 11.1 Å². The zero-order valence-corrected chi connectivity index (χ0v) is 8.60. The van der Waals surface area contributed by atoms with Crippen LogP contribution in [-0.4, -0.2) is 18.5 Å². The highest BCUT2D eigenvalue weighted by atomic mass is 16.1. The van der Waals surface area contributed by atoms with Crippen LogP contribution in [0.1, 0.15) is 39.0 Å². The van der Waals surface area contributed by atoms with E-state index in [1.807, 2.05) is 7.05 Å². The number of nitrogens with one attached hydrogen (secondary N) is 1. The number of carbonyl (C=O) groups is 1. The average Bonchev–Trinajstić information content (AvgIpc) is 2.17. The van der Waals surface area contributed by atoms with Gasteiger partial charge in [-0.2, -0.15) is 0 Å². The van der Waals surface area contributed by atoms with Gasteiger partial charge in [-0.25, -0.2) is 0 Å². The summed E-state index contributed by atoms with van der Waals surface area (Å²) in [6.07, 6.45) is 5.27. The Bertz CT molecular complexity index is 183. The lowest BCUT2D eigenvalue weighted by Crippen LogP contribution is -2.55. The standard InChI is InChI=1S/C10H20N2O/c1-3-8-4-6-10(12-2,7-5-8)9(11)13/h8,12H,3-7H2,1-2H3,(H2,11,13). The fourth-order valence-electron chi connectivity index (χ4n) is 2.20. The zero-order chi connectivity index (χ0) is 9.90. The van der Waals surface area contributed by atoms with E-state index in [-0.39, 0.29) is 5.91 Å². The van der Waals surface area contributed by atoms with E-state index in [2.05, 4.69) is 12.2 Å². The van der Waals surface area contributed by atoms with E-state index in [1.54, 1.807) is 0 Å². The summed E-state index contributed by atoms with van der Waals surface area (Å²) in [4.78, 5) is 11.3. The van der Waals surface area contributed by atoms with Gasteiger partial charge in [0.1, 0.15) is 0 Å². The number of carbonyl (C=O) groups excluding carboxylic acids is 1. The molecule has 1 rings (SSSR count). The molecule has 1 amide bonds. The normalized spacial score (nSPS) is 34.5. The summed E-state index contributed by atoms with van der Waals surface area (Å²) in [5.41, 5.74) is 4.99. The van der Waals surface area contributed by atoms with Crippen molar-refractivity contribution in [2.24, 2.45) is 11.7 Å². The number of hydrogen-bond donors (Lipinski definition) is 2. The largest absolute Gasteiger partial charge is 0.368 e. The first-order valence-electron chi connectivity index (χ1n) is 5.13. The van der Waals surface area contributed by atoms with Crippen molar-refractivity contribution in [3.05, 3.63) is 0 Å². The fraction of sp³-hybridized carbons (Fsp3) is 0.900. The van der Waals surface area contributed by atoms with Gasteiger partial charge in [-0.1, -0.05) is 13.3 Å². The Morgan fingerprint density at radius 1 is 1.54 bits per heavy atom. The molecule has 0 heterocycles. The molecule has 3 N–H and O–H groups in total. The molecule has 13 heavy (non-hydrogen) atoms. The molecular formula is C10H20N2O. The number of rotatable bonds is 3. The lowest BCUT2D eigenvalue weighted by molar-refractivity contribution is -0.125. The Morgan fingerprint density at radius 3 is 2.38 bits per heavy atom. The van der Waals surface area contributed by atoms with Gasteiger partial charge >= 0.3 is 0 Å². The van der Waals surface area contributed by atoms with E-state index in [4.69, 9.17) is 5.73 Å². The molecule has 0 bridgehead atoms. The van der Waals surface area contributed by atoms with Crippen LogP contribution in [0.15, 0.2) is 0 Å². The first-order chi connectivity index (χ1) is 6.14. The molecule has 3 nitrogen and oxygen atoms in total. The van der Waals surface area contributed by atoms with E-state index in [1.165, 1.54) is 6.42 Å². The number of likely N-dealkylation sites (N-methyl/N-ethyl adjacent to an activating group) is 1. The molecule has 0 radical (unpaired) electrons. The number of nitrogens with two attached hydrogens (primary N) is 1. The maximum atomic E-state index is 11.3.